The molecule has 98 valence electrons. The summed E-state index contributed by atoms with van der Waals surface area (Å²) in [5.74, 6) is 5.69. The first-order chi connectivity index (χ1) is 8.58. The molecule has 0 heterocycles. The molecule has 7 heteroatoms. The predicted molar refractivity (Wildman–Crippen MR) is 68.1 cm³/mol. The van der Waals surface area contributed by atoms with Crippen molar-refractivity contribution in [1.82, 2.24) is 0 Å². The van der Waals surface area contributed by atoms with Crippen molar-refractivity contribution in [3.63, 3.8) is 0 Å². The molecule has 0 radical (unpaired) electrons. The zero-order valence-corrected chi connectivity index (χ0v) is 9.80. The van der Waals surface area contributed by atoms with E-state index in [4.69, 9.17) is 5.84 Å². The van der Waals surface area contributed by atoms with Gasteiger partial charge in [0.15, 0.2) is 0 Å². The van der Waals surface area contributed by atoms with Crippen molar-refractivity contribution in [2.24, 2.45) is 11.8 Å². The van der Waals surface area contributed by atoms with Gasteiger partial charge in [-0.15, -0.1) is 0 Å². The summed E-state index contributed by atoms with van der Waals surface area (Å²) in [5.41, 5.74) is 3.53. The second-order valence-corrected chi connectivity index (χ2v) is 4.54. The Bertz CT molecular complexity index is 446. The Morgan fingerprint density at radius 2 is 2.06 bits per heavy atom. The Morgan fingerprint density at radius 1 is 1.39 bits per heavy atom. The van der Waals surface area contributed by atoms with Crippen LogP contribution in [0, 0.1) is 16.0 Å². The topological polar surface area (TPSA) is 113 Å². The monoisotopic (exact) mass is 252 g/mol. The minimum atomic E-state index is -0.459. The molecular formula is C11H16N4O3. The Hall–Kier alpha value is -1.86. The standard InChI is InChI=1S/C11H16N4O3/c12-14-9-3-8(4-10(5-9)15(17)18)13-6-7-1-11(16)2-7/h3-5,7,11,13-14,16H,1-2,6,12H2. The summed E-state index contributed by atoms with van der Waals surface area (Å²) in [6.07, 6.45) is 1.37. The van der Waals surface area contributed by atoms with Crippen LogP contribution in [0.4, 0.5) is 17.1 Å². The minimum absolute atomic E-state index is 0.0124. The van der Waals surface area contributed by atoms with Crippen LogP contribution in [0.25, 0.3) is 0 Å². The average Bonchev–Trinajstić information content (AvgIpc) is 2.32. The number of nitro benzene ring substituents is 1. The first-order valence-electron chi connectivity index (χ1n) is 5.76. The Morgan fingerprint density at radius 3 is 2.61 bits per heavy atom. The van der Waals surface area contributed by atoms with Crippen molar-refractivity contribution in [2.45, 2.75) is 18.9 Å². The van der Waals surface area contributed by atoms with Gasteiger partial charge in [0.2, 0.25) is 0 Å². The number of hydrazine groups is 1. The highest BCUT2D eigenvalue weighted by Crippen LogP contribution is 2.29. The number of nitro groups is 1. The summed E-state index contributed by atoms with van der Waals surface area (Å²) in [6.45, 7) is 0.697. The maximum absolute atomic E-state index is 10.7. The summed E-state index contributed by atoms with van der Waals surface area (Å²) in [5, 5.41) is 23.0. The molecule has 5 N–H and O–H groups in total. The first-order valence-corrected chi connectivity index (χ1v) is 5.76. The number of hydrogen-bond acceptors (Lipinski definition) is 6. The van der Waals surface area contributed by atoms with Crippen LogP contribution in [-0.4, -0.2) is 22.7 Å². The van der Waals surface area contributed by atoms with Gasteiger partial charge in [-0.05, 0) is 24.8 Å². The second-order valence-electron chi connectivity index (χ2n) is 4.54. The summed E-state index contributed by atoms with van der Waals surface area (Å²) in [4.78, 5) is 10.3. The average molecular weight is 252 g/mol. The van der Waals surface area contributed by atoms with Crippen molar-refractivity contribution >= 4 is 17.1 Å². The molecule has 0 saturated heterocycles. The van der Waals surface area contributed by atoms with Crippen LogP contribution in [0.5, 0.6) is 0 Å². The SMILES string of the molecule is NNc1cc(NCC2CC(O)C2)cc([N+](=O)[O-])c1. The summed E-state index contributed by atoms with van der Waals surface area (Å²) >= 11 is 0. The molecule has 0 unspecified atom stereocenters. The zero-order chi connectivity index (χ0) is 13.1. The smallest absolute Gasteiger partial charge is 0.273 e. The van der Waals surface area contributed by atoms with Crippen molar-refractivity contribution < 1.29 is 10.0 Å². The highest BCUT2D eigenvalue weighted by molar-refractivity contribution is 5.63. The molecule has 1 aromatic carbocycles. The first kappa shape index (κ1) is 12.6. The number of anilines is 2. The highest BCUT2D eigenvalue weighted by Gasteiger charge is 2.26. The molecule has 0 aromatic heterocycles. The molecule has 0 amide bonds. The van der Waals surface area contributed by atoms with Gasteiger partial charge in [0.1, 0.15) is 0 Å². The number of nitrogen functional groups attached to an aromatic ring is 1. The number of rotatable bonds is 5. The van der Waals surface area contributed by atoms with E-state index in [1.807, 2.05) is 0 Å². The van der Waals surface area contributed by atoms with Gasteiger partial charge in [-0.1, -0.05) is 0 Å². The van der Waals surface area contributed by atoms with Gasteiger partial charge in [0.05, 0.1) is 16.7 Å². The van der Waals surface area contributed by atoms with Gasteiger partial charge >= 0.3 is 0 Å². The van der Waals surface area contributed by atoms with Crippen LogP contribution in [0.2, 0.25) is 0 Å². The van der Waals surface area contributed by atoms with Crippen LogP contribution in [0.1, 0.15) is 12.8 Å². The number of benzene rings is 1. The number of aliphatic hydroxyl groups excluding tert-OH is 1. The lowest BCUT2D eigenvalue weighted by atomic mass is 9.82. The molecule has 1 fully saturated rings. The van der Waals surface area contributed by atoms with E-state index in [2.05, 4.69) is 10.7 Å². The Balaban J connectivity index is 2.02. The fourth-order valence-electron chi connectivity index (χ4n) is 2.03. The van der Waals surface area contributed by atoms with Crippen molar-refractivity contribution in [1.29, 1.82) is 0 Å². The van der Waals surface area contributed by atoms with E-state index in [1.165, 1.54) is 12.1 Å². The lowest BCUT2D eigenvalue weighted by Gasteiger charge is -2.31. The minimum Gasteiger partial charge on any atom is -0.393 e. The van der Waals surface area contributed by atoms with Crippen LogP contribution >= 0.6 is 0 Å². The third-order valence-electron chi connectivity index (χ3n) is 3.10. The van der Waals surface area contributed by atoms with E-state index in [0.717, 1.165) is 12.8 Å². The number of nitrogens with one attached hydrogen (secondary N) is 2. The summed E-state index contributed by atoms with van der Waals surface area (Å²) < 4.78 is 0. The van der Waals surface area contributed by atoms with Crippen molar-refractivity contribution in [3.8, 4) is 0 Å². The van der Waals surface area contributed by atoms with Crippen LogP contribution < -0.4 is 16.6 Å². The quantitative estimate of drug-likeness (QED) is 0.354. The van der Waals surface area contributed by atoms with Gasteiger partial charge in [0.25, 0.3) is 5.69 Å². The van der Waals surface area contributed by atoms with E-state index < -0.39 is 4.92 Å². The van der Waals surface area contributed by atoms with E-state index in [-0.39, 0.29) is 11.8 Å². The third-order valence-corrected chi connectivity index (χ3v) is 3.10. The lowest BCUT2D eigenvalue weighted by Crippen LogP contribution is -2.33. The van der Waals surface area contributed by atoms with Crippen molar-refractivity contribution in [2.75, 3.05) is 17.3 Å². The molecule has 0 spiro atoms. The van der Waals surface area contributed by atoms with Crippen LogP contribution in [0.3, 0.4) is 0 Å². The van der Waals surface area contributed by atoms with E-state index >= 15 is 0 Å². The van der Waals surface area contributed by atoms with Crippen LogP contribution in [-0.2, 0) is 0 Å². The highest BCUT2D eigenvalue weighted by atomic mass is 16.6. The van der Waals surface area contributed by atoms with Crippen molar-refractivity contribution in [3.05, 3.63) is 28.3 Å². The largest absolute Gasteiger partial charge is 0.393 e. The fraction of sp³-hybridized carbons (Fsp3) is 0.455. The Labute approximate surface area is 104 Å². The molecule has 0 bridgehead atoms. The number of nitrogens with two attached hydrogens (primary N) is 1. The number of hydrogen-bond donors (Lipinski definition) is 4. The second kappa shape index (κ2) is 5.19. The molecule has 0 aliphatic heterocycles. The molecular weight excluding hydrogens is 236 g/mol. The van der Waals surface area contributed by atoms with Gasteiger partial charge in [0, 0.05) is 24.4 Å². The number of aliphatic hydroxyl groups is 1. The molecule has 18 heavy (non-hydrogen) atoms. The van der Waals surface area contributed by atoms with E-state index in [1.54, 1.807) is 6.07 Å². The van der Waals surface area contributed by atoms with Gasteiger partial charge in [-0.3, -0.25) is 16.0 Å². The summed E-state index contributed by atoms with van der Waals surface area (Å²) in [6, 6.07) is 4.55. The molecule has 1 aromatic rings. The molecule has 2 rings (SSSR count). The third kappa shape index (κ3) is 2.88. The van der Waals surface area contributed by atoms with E-state index in [9.17, 15) is 15.2 Å². The predicted octanol–water partition coefficient (Wildman–Crippen LogP) is 1.06. The normalized spacial score (nSPS) is 22.1. The maximum atomic E-state index is 10.7. The molecule has 7 nitrogen and oxygen atoms in total. The zero-order valence-electron chi connectivity index (χ0n) is 9.80. The van der Waals surface area contributed by atoms with E-state index in [0.29, 0.717) is 23.8 Å². The number of non-ortho nitro benzene ring substituents is 1. The summed E-state index contributed by atoms with van der Waals surface area (Å²) in [7, 11) is 0. The lowest BCUT2D eigenvalue weighted by molar-refractivity contribution is -0.384. The van der Waals surface area contributed by atoms with Gasteiger partial charge in [-0.25, -0.2) is 0 Å². The van der Waals surface area contributed by atoms with Gasteiger partial charge in [-0.2, -0.15) is 0 Å². The molecule has 1 aliphatic carbocycles. The molecule has 0 atom stereocenters. The van der Waals surface area contributed by atoms with Crippen LogP contribution in [0.15, 0.2) is 18.2 Å². The molecule has 1 aliphatic rings. The number of nitrogens with zero attached hydrogens (tertiary/aromatic N) is 1. The van der Waals surface area contributed by atoms with Gasteiger partial charge < -0.3 is 15.8 Å². The fourth-order valence-corrected chi connectivity index (χ4v) is 2.03. The maximum Gasteiger partial charge on any atom is 0.273 e. The Kier molecular flexibility index (Phi) is 3.63. The molecule has 1 saturated carbocycles.